The highest BCUT2D eigenvalue weighted by Crippen LogP contribution is 2.22. The molecule has 1 aliphatic heterocycles. The summed E-state index contributed by atoms with van der Waals surface area (Å²) >= 11 is 0. The van der Waals surface area contributed by atoms with E-state index in [1.54, 1.807) is 0 Å². The quantitative estimate of drug-likeness (QED) is 0.478. The topological polar surface area (TPSA) is 104 Å². The lowest BCUT2D eigenvalue weighted by atomic mass is 10.1. The Balaban J connectivity index is 2.26. The summed E-state index contributed by atoms with van der Waals surface area (Å²) in [5, 5.41) is 28.4. The van der Waals surface area contributed by atoms with Crippen molar-refractivity contribution in [2.75, 3.05) is 18.1 Å². The SMILES string of the molecule is CCCCCCCCCS(=O)(=O)CC1OC(CO)C(O)C1O. The molecular formula is C15H30O6S. The van der Waals surface area contributed by atoms with Gasteiger partial charge in [-0.1, -0.05) is 45.4 Å². The molecule has 4 unspecified atom stereocenters. The van der Waals surface area contributed by atoms with E-state index in [1.807, 2.05) is 0 Å². The molecule has 6 nitrogen and oxygen atoms in total. The monoisotopic (exact) mass is 338 g/mol. The second-order valence-corrected chi connectivity index (χ2v) is 8.34. The Morgan fingerprint density at radius 2 is 1.45 bits per heavy atom. The van der Waals surface area contributed by atoms with E-state index >= 15 is 0 Å². The number of aliphatic hydroxyl groups is 3. The molecular weight excluding hydrogens is 308 g/mol. The first kappa shape index (κ1) is 19.8. The molecule has 0 bridgehead atoms. The molecule has 1 fully saturated rings. The third-order valence-electron chi connectivity index (χ3n) is 4.12. The second kappa shape index (κ2) is 9.82. The minimum Gasteiger partial charge on any atom is -0.394 e. The molecule has 22 heavy (non-hydrogen) atoms. The van der Waals surface area contributed by atoms with E-state index < -0.39 is 40.9 Å². The van der Waals surface area contributed by atoms with E-state index in [4.69, 9.17) is 9.84 Å². The largest absolute Gasteiger partial charge is 0.394 e. The molecule has 132 valence electrons. The molecule has 0 aliphatic carbocycles. The van der Waals surface area contributed by atoms with Gasteiger partial charge in [0.1, 0.15) is 24.4 Å². The van der Waals surface area contributed by atoms with E-state index in [9.17, 15) is 18.6 Å². The summed E-state index contributed by atoms with van der Waals surface area (Å²) in [5.41, 5.74) is 0. The Kier molecular flexibility index (Phi) is 8.86. The Bertz CT molecular complexity index is 397. The zero-order valence-electron chi connectivity index (χ0n) is 13.4. The first-order valence-corrected chi connectivity index (χ1v) is 10.1. The summed E-state index contributed by atoms with van der Waals surface area (Å²) in [6.45, 7) is 1.72. The van der Waals surface area contributed by atoms with Gasteiger partial charge >= 0.3 is 0 Å². The Morgan fingerprint density at radius 3 is 2.00 bits per heavy atom. The number of rotatable bonds is 11. The van der Waals surface area contributed by atoms with Crippen molar-refractivity contribution in [2.24, 2.45) is 0 Å². The van der Waals surface area contributed by atoms with Crippen LogP contribution in [0.2, 0.25) is 0 Å². The van der Waals surface area contributed by atoms with Crippen LogP contribution < -0.4 is 0 Å². The Morgan fingerprint density at radius 1 is 0.909 bits per heavy atom. The standard InChI is InChI=1S/C15H30O6S/c1-2-3-4-5-6-7-8-9-22(19,20)11-13-15(18)14(17)12(10-16)21-13/h12-18H,2-11H2,1H3. The van der Waals surface area contributed by atoms with Crippen LogP contribution in [0.15, 0.2) is 0 Å². The van der Waals surface area contributed by atoms with E-state index in [0.29, 0.717) is 6.42 Å². The lowest BCUT2D eigenvalue weighted by Gasteiger charge is -2.14. The molecule has 1 aliphatic rings. The third-order valence-corrected chi connectivity index (χ3v) is 5.87. The summed E-state index contributed by atoms with van der Waals surface area (Å²) in [6, 6.07) is 0. The van der Waals surface area contributed by atoms with Gasteiger partial charge in [0.15, 0.2) is 9.84 Å². The van der Waals surface area contributed by atoms with Gasteiger partial charge in [0.05, 0.1) is 18.1 Å². The average molecular weight is 338 g/mol. The van der Waals surface area contributed by atoms with Crippen molar-refractivity contribution in [1.82, 2.24) is 0 Å². The van der Waals surface area contributed by atoms with E-state index in [-0.39, 0.29) is 11.5 Å². The molecule has 1 saturated heterocycles. The van der Waals surface area contributed by atoms with Crippen LogP contribution in [0.3, 0.4) is 0 Å². The van der Waals surface area contributed by atoms with Gasteiger partial charge < -0.3 is 20.1 Å². The maximum absolute atomic E-state index is 12.0. The molecule has 7 heteroatoms. The van der Waals surface area contributed by atoms with Crippen molar-refractivity contribution in [3.8, 4) is 0 Å². The minimum absolute atomic E-state index is 0.0766. The molecule has 0 aromatic heterocycles. The van der Waals surface area contributed by atoms with Crippen LogP contribution in [-0.4, -0.2) is 66.3 Å². The summed E-state index contributed by atoms with van der Waals surface area (Å²) in [7, 11) is -3.33. The third kappa shape index (κ3) is 6.50. The number of aliphatic hydroxyl groups excluding tert-OH is 3. The predicted molar refractivity (Wildman–Crippen MR) is 84.4 cm³/mol. The van der Waals surface area contributed by atoms with Gasteiger partial charge in [-0.05, 0) is 6.42 Å². The lowest BCUT2D eigenvalue weighted by molar-refractivity contribution is -0.0165. The fourth-order valence-electron chi connectivity index (χ4n) is 2.73. The highest BCUT2D eigenvalue weighted by molar-refractivity contribution is 7.91. The van der Waals surface area contributed by atoms with E-state index in [2.05, 4.69) is 6.92 Å². The molecule has 0 aromatic carbocycles. The van der Waals surface area contributed by atoms with Crippen molar-refractivity contribution < 1.29 is 28.5 Å². The Hall–Kier alpha value is -0.210. The lowest BCUT2D eigenvalue weighted by Crippen LogP contribution is -2.36. The van der Waals surface area contributed by atoms with Crippen LogP contribution in [0, 0.1) is 0 Å². The zero-order valence-corrected chi connectivity index (χ0v) is 14.2. The average Bonchev–Trinajstić information content (AvgIpc) is 2.73. The number of hydrogen-bond donors (Lipinski definition) is 3. The summed E-state index contributed by atoms with van der Waals surface area (Å²) in [4.78, 5) is 0. The van der Waals surface area contributed by atoms with Crippen LogP contribution in [0.25, 0.3) is 0 Å². The van der Waals surface area contributed by atoms with Crippen LogP contribution >= 0.6 is 0 Å². The van der Waals surface area contributed by atoms with Gasteiger partial charge in [-0.15, -0.1) is 0 Å². The van der Waals surface area contributed by atoms with Crippen molar-refractivity contribution in [1.29, 1.82) is 0 Å². The van der Waals surface area contributed by atoms with Gasteiger partial charge in [0, 0.05) is 0 Å². The normalized spacial score (nSPS) is 29.1. The maximum atomic E-state index is 12.0. The second-order valence-electron chi connectivity index (χ2n) is 6.11. The van der Waals surface area contributed by atoms with E-state index in [1.165, 1.54) is 19.3 Å². The van der Waals surface area contributed by atoms with Crippen molar-refractivity contribution in [2.45, 2.75) is 76.3 Å². The number of sulfone groups is 1. The molecule has 0 spiro atoms. The molecule has 3 N–H and O–H groups in total. The number of unbranched alkanes of at least 4 members (excludes halogenated alkanes) is 6. The molecule has 0 saturated carbocycles. The number of hydrogen-bond acceptors (Lipinski definition) is 6. The molecule has 0 amide bonds. The first-order valence-electron chi connectivity index (χ1n) is 8.24. The summed E-state index contributed by atoms with van der Waals surface area (Å²) in [6.07, 6.45) is 2.95. The van der Waals surface area contributed by atoms with Gasteiger partial charge in [-0.3, -0.25) is 0 Å². The molecule has 1 heterocycles. The van der Waals surface area contributed by atoms with Crippen molar-refractivity contribution in [3.63, 3.8) is 0 Å². The highest BCUT2D eigenvalue weighted by Gasteiger charge is 2.43. The fraction of sp³-hybridized carbons (Fsp3) is 1.00. The van der Waals surface area contributed by atoms with Gasteiger partial charge in [-0.25, -0.2) is 8.42 Å². The van der Waals surface area contributed by atoms with E-state index in [0.717, 1.165) is 19.3 Å². The minimum atomic E-state index is -3.33. The van der Waals surface area contributed by atoms with Crippen LogP contribution in [0.4, 0.5) is 0 Å². The molecule has 4 atom stereocenters. The molecule has 0 aromatic rings. The smallest absolute Gasteiger partial charge is 0.152 e. The van der Waals surface area contributed by atoms with Crippen molar-refractivity contribution in [3.05, 3.63) is 0 Å². The van der Waals surface area contributed by atoms with Crippen molar-refractivity contribution >= 4 is 9.84 Å². The zero-order chi connectivity index (χ0) is 16.6. The van der Waals surface area contributed by atoms with Gasteiger partial charge in [0.25, 0.3) is 0 Å². The van der Waals surface area contributed by atoms with Crippen LogP contribution in [0.1, 0.15) is 51.9 Å². The Labute approximate surface area is 133 Å². The van der Waals surface area contributed by atoms with Gasteiger partial charge in [0.2, 0.25) is 0 Å². The molecule has 1 rings (SSSR count). The molecule has 0 radical (unpaired) electrons. The number of ether oxygens (including phenoxy) is 1. The fourth-order valence-corrected chi connectivity index (χ4v) is 4.31. The van der Waals surface area contributed by atoms with Gasteiger partial charge in [-0.2, -0.15) is 0 Å². The first-order chi connectivity index (χ1) is 10.4. The summed E-state index contributed by atoms with van der Waals surface area (Å²) in [5.74, 6) is -0.231. The predicted octanol–water partition coefficient (Wildman–Crippen LogP) is 0.633. The van der Waals surface area contributed by atoms with Crippen LogP contribution in [0.5, 0.6) is 0 Å². The maximum Gasteiger partial charge on any atom is 0.152 e. The van der Waals surface area contributed by atoms with Crippen LogP contribution in [-0.2, 0) is 14.6 Å². The summed E-state index contributed by atoms with van der Waals surface area (Å²) < 4.78 is 29.3. The highest BCUT2D eigenvalue weighted by atomic mass is 32.2.